The molecule has 0 radical (unpaired) electrons. The van der Waals surface area contributed by atoms with Crippen LogP contribution >= 0.6 is 11.3 Å². The molecule has 0 aliphatic rings. The fraction of sp³-hybridized carbons (Fsp3) is 0.167. The molecule has 1 aromatic heterocycles. The molecule has 20 heavy (non-hydrogen) atoms. The van der Waals surface area contributed by atoms with Crippen molar-refractivity contribution in [2.75, 3.05) is 0 Å². The van der Waals surface area contributed by atoms with Gasteiger partial charge in [0, 0.05) is 0 Å². The number of aromatic nitrogens is 1. The molecule has 0 fully saturated rings. The Kier molecular flexibility index (Phi) is 3.67. The lowest BCUT2D eigenvalue weighted by Crippen LogP contribution is -2.05. The van der Waals surface area contributed by atoms with E-state index < -0.39 is 17.9 Å². The highest BCUT2D eigenvalue weighted by Gasteiger charge is 2.31. The van der Waals surface area contributed by atoms with E-state index in [1.54, 1.807) is 6.92 Å². The Morgan fingerprint density at radius 3 is 2.70 bits per heavy atom. The van der Waals surface area contributed by atoms with E-state index in [4.69, 9.17) is 5.11 Å². The number of hydrogen-bond donors (Lipinski definition) is 1. The van der Waals surface area contributed by atoms with E-state index in [0.29, 0.717) is 5.01 Å². The topological polar surface area (TPSA) is 59.4 Å². The van der Waals surface area contributed by atoms with Crippen LogP contribution in [-0.4, -0.2) is 16.2 Å². The van der Waals surface area contributed by atoms with E-state index in [0.717, 1.165) is 23.5 Å². The number of alkyl halides is 3. The van der Waals surface area contributed by atoms with Gasteiger partial charge in [-0.15, -0.1) is 11.3 Å². The van der Waals surface area contributed by atoms with Gasteiger partial charge >= 0.3 is 12.3 Å². The van der Waals surface area contributed by atoms with Gasteiger partial charge in [0.1, 0.15) is 0 Å². The summed E-state index contributed by atoms with van der Waals surface area (Å²) in [5.41, 5.74) is -0.607. The zero-order valence-corrected chi connectivity index (χ0v) is 10.9. The van der Waals surface area contributed by atoms with Gasteiger partial charge in [-0.05, 0) is 24.6 Å². The first-order valence-corrected chi connectivity index (χ1v) is 6.15. The Morgan fingerprint density at radius 1 is 1.40 bits per heavy atom. The molecule has 0 spiro atoms. The summed E-state index contributed by atoms with van der Waals surface area (Å²) in [5.74, 6) is -0.209. The number of thiazole rings is 1. The first kappa shape index (κ1) is 14.3. The minimum atomic E-state index is -4.47. The molecule has 0 aliphatic carbocycles. The lowest BCUT2D eigenvalue weighted by molar-refractivity contribution is -0.137. The van der Waals surface area contributed by atoms with Crippen LogP contribution in [-0.2, 0) is 6.18 Å². The molecule has 2 aromatic rings. The number of carbonyl (C=O) groups is 1. The van der Waals surface area contributed by atoms with Crippen LogP contribution in [0.3, 0.4) is 0 Å². The molecular formula is C12H8F3NO3S. The van der Waals surface area contributed by atoms with Crippen molar-refractivity contribution in [3.63, 3.8) is 0 Å². The Labute approximate surface area is 115 Å². The van der Waals surface area contributed by atoms with Crippen LogP contribution in [0.2, 0.25) is 0 Å². The van der Waals surface area contributed by atoms with Gasteiger partial charge in [-0.1, -0.05) is 12.1 Å². The molecule has 8 heteroatoms. The second-order valence-corrected chi connectivity index (χ2v) is 5.02. The van der Waals surface area contributed by atoms with Crippen LogP contribution in [0.25, 0.3) is 10.4 Å². The minimum absolute atomic E-state index is 0.209. The number of benzene rings is 1. The molecule has 106 valence electrons. The Morgan fingerprint density at radius 2 is 2.10 bits per heavy atom. The first-order valence-electron chi connectivity index (χ1n) is 5.33. The predicted octanol–water partition coefficient (Wildman–Crippen LogP) is 4.19. The lowest BCUT2D eigenvalue weighted by Gasteiger charge is -2.08. The van der Waals surface area contributed by atoms with Crippen LogP contribution in [0.15, 0.2) is 24.3 Å². The predicted molar refractivity (Wildman–Crippen MR) is 65.9 cm³/mol. The van der Waals surface area contributed by atoms with E-state index in [9.17, 15) is 18.0 Å². The lowest BCUT2D eigenvalue weighted by atomic mass is 10.1. The highest BCUT2D eigenvalue weighted by Crippen LogP contribution is 2.38. The Balaban J connectivity index is 2.49. The Hall–Kier alpha value is -2.09. The highest BCUT2D eigenvalue weighted by atomic mass is 32.1. The third kappa shape index (κ3) is 3.08. The standard InChI is InChI=1S/C12H8F3NO3S/c1-6-16-10(19-11(17)18)9(20-6)7-3-2-4-8(5-7)12(13,14)15/h2-5H,1H3,(H,17,18). The van der Waals surface area contributed by atoms with Gasteiger partial charge in [0.25, 0.3) is 0 Å². The van der Waals surface area contributed by atoms with Crippen molar-refractivity contribution in [3.05, 3.63) is 34.8 Å². The summed E-state index contributed by atoms with van der Waals surface area (Å²) in [7, 11) is 0. The second-order valence-electron chi connectivity index (χ2n) is 3.81. The van der Waals surface area contributed by atoms with E-state index in [2.05, 4.69) is 9.72 Å². The number of carboxylic acid groups (broad SMARTS) is 1. The molecule has 0 bridgehead atoms. The van der Waals surface area contributed by atoms with E-state index in [1.165, 1.54) is 12.1 Å². The SMILES string of the molecule is Cc1nc(OC(=O)O)c(-c2cccc(C(F)(F)F)c2)s1. The van der Waals surface area contributed by atoms with Gasteiger partial charge in [-0.25, -0.2) is 9.78 Å². The number of aryl methyl sites for hydroxylation is 1. The average Bonchev–Trinajstić information content (AvgIpc) is 2.68. The van der Waals surface area contributed by atoms with Crippen LogP contribution in [0.5, 0.6) is 5.88 Å². The van der Waals surface area contributed by atoms with Crippen molar-refractivity contribution in [2.24, 2.45) is 0 Å². The molecule has 0 aliphatic heterocycles. The van der Waals surface area contributed by atoms with Crippen molar-refractivity contribution < 1.29 is 27.8 Å². The molecule has 0 amide bonds. The number of nitrogens with zero attached hydrogens (tertiary/aromatic N) is 1. The molecule has 1 heterocycles. The smallest absolute Gasteiger partial charge is 0.449 e. The summed E-state index contributed by atoms with van der Waals surface area (Å²) in [5, 5.41) is 9.09. The summed E-state index contributed by atoms with van der Waals surface area (Å²) >= 11 is 1.06. The number of hydrogen-bond acceptors (Lipinski definition) is 4. The Bertz CT molecular complexity index is 652. The van der Waals surface area contributed by atoms with Gasteiger partial charge in [-0.3, -0.25) is 0 Å². The maximum absolute atomic E-state index is 12.7. The fourth-order valence-electron chi connectivity index (χ4n) is 1.58. The van der Waals surface area contributed by atoms with Crippen molar-refractivity contribution in [1.29, 1.82) is 0 Å². The highest BCUT2D eigenvalue weighted by molar-refractivity contribution is 7.15. The normalized spacial score (nSPS) is 11.4. The largest absolute Gasteiger partial charge is 0.512 e. The van der Waals surface area contributed by atoms with Crippen molar-refractivity contribution in [3.8, 4) is 16.3 Å². The molecule has 4 nitrogen and oxygen atoms in total. The maximum atomic E-state index is 12.7. The third-order valence-electron chi connectivity index (χ3n) is 2.34. The zero-order valence-electron chi connectivity index (χ0n) is 10.1. The summed E-state index contributed by atoms with van der Waals surface area (Å²) < 4.78 is 42.5. The zero-order chi connectivity index (χ0) is 14.9. The minimum Gasteiger partial charge on any atom is -0.449 e. The molecule has 0 unspecified atom stereocenters. The van der Waals surface area contributed by atoms with E-state index in [1.807, 2.05) is 0 Å². The molecule has 1 aromatic carbocycles. The van der Waals surface area contributed by atoms with Crippen molar-refractivity contribution in [2.45, 2.75) is 13.1 Å². The molecular weight excluding hydrogens is 295 g/mol. The van der Waals surface area contributed by atoms with Crippen LogP contribution in [0.4, 0.5) is 18.0 Å². The van der Waals surface area contributed by atoms with Gasteiger partial charge in [0.15, 0.2) is 0 Å². The summed E-state index contributed by atoms with van der Waals surface area (Å²) in [6, 6.07) is 4.56. The number of halogens is 3. The van der Waals surface area contributed by atoms with Crippen LogP contribution < -0.4 is 4.74 Å². The van der Waals surface area contributed by atoms with E-state index in [-0.39, 0.29) is 16.3 Å². The molecule has 0 saturated heterocycles. The van der Waals surface area contributed by atoms with Crippen LogP contribution in [0, 0.1) is 6.92 Å². The van der Waals surface area contributed by atoms with E-state index >= 15 is 0 Å². The van der Waals surface area contributed by atoms with Crippen molar-refractivity contribution in [1.82, 2.24) is 4.98 Å². The van der Waals surface area contributed by atoms with Crippen molar-refractivity contribution >= 4 is 17.5 Å². The summed E-state index contributed by atoms with van der Waals surface area (Å²) in [6.45, 7) is 1.61. The van der Waals surface area contributed by atoms with Gasteiger partial charge in [-0.2, -0.15) is 13.2 Å². The van der Waals surface area contributed by atoms with Gasteiger partial charge in [0.05, 0.1) is 15.4 Å². The maximum Gasteiger partial charge on any atom is 0.512 e. The van der Waals surface area contributed by atoms with Crippen LogP contribution in [0.1, 0.15) is 10.6 Å². The second kappa shape index (κ2) is 5.12. The quantitative estimate of drug-likeness (QED) is 0.845. The third-order valence-corrected chi connectivity index (χ3v) is 3.34. The number of rotatable bonds is 2. The van der Waals surface area contributed by atoms with Gasteiger partial charge < -0.3 is 9.84 Å². The first-order chi connectivity index (χ1) is 9.27. The molecule has 0 saturated carbocycles. The molecule has 1 N–H and O–H groups in total. The monoisotopic (exact) mass is 303 g/mol. The average molecular weight is 303 g/mol. The molecule has 2 rings (SSSR count). The molecule has 0 atom stereocenters. The van der Waals surface area contributed by atoms with Gasteiger partial charge in [0.2, 0.25) is 5.88 Å². The summed E-state index contributed by atoms with van der Waals surface area (Å²) in [6.07, 6.45) is -6.03. The summed E-state index contributed by atoms with van der Waals surface area (Å²) in [4.78, 5) is 14.6. The number of ether oxygens (including phenoxy) is 1. The fourth-order valence-corrected chi connectivity index (χ4v) is 2.42.